The summed E-state index contributed by atoms with van der Waals surface area (Å²) in [7, 11) is 0. The van der Waals surface area contributed by atoms with Crippen molar-refractivity contribution >= 4 is 0 Å². The third-order valence-corrected chi connectivity index (χ3v) is 3.33. The van der Waals surface area contributed by atoms with E-state index < -0.39 is 0 Å². The van der Waals surface area contributed by atoms with Crippen molar-refractivity contribution in [3.63, 3.8) is 0 Å². The minimum absolute atomic E-state index is 0.547. The zero-order valence-corrected chi connectivity index (χ0v) is 12.4. The fourth-order valence-corrected chi connectivity index (χ4v) is 2.15. The van der Waals surface area contributed by atoms with Crippen LogP contribution >= 0.6 is 0 Å². The second kappa shape index (κ2) is 12.2. The number of unbranched alkanes of at least 4 members (excludes halogenated alkanes) is 6. The predicted octanol–water partition coefficient (Wildman–Crippen LogP) is 5.07. The molecule has 1 heteroatoms. The fourth-order valence-electron chi connectivity index (χ4n) is 2.15. The molecule has 0 radical (unpaired) electrons. The number of nitrogens with one attached hydrogen (secondary N) is 1. The van der Waals surface area contributed by atoms with Crippen LogP contribution in [0.1, 0.15) is 78.6 Å². The van der Waals surface area contributed by atoms with Gasteiger partial charge in [-0.3, -0.25) is 0 Å². The molecule has 0 rings (SSSR count). The fraction of sp³-hybridized carbons (Fsp3) is 0.875. The molecule has 0 amide bonds. The Bertz CT molecular complexity index is 174. The maximum Gasteiger partial charge on any atom is 0.0274 e. The van der Waals surface area contributed by atoms with E-state index in [1.807, 2.05) is 0 Å². The van der Waals surface area contributed by atoms with Gasteiger partial charge in [-0.25, -0.2) is 0 Å². The van der Waals surface area contributed by atoms with Crippen molar-refractivity contribution in [2.24, 2.45) is 0 Å². The topological polar surface area (TPSA) is 12.0 Å². The normalized spacial score (nSPS) is 12.6. The van der Waals surface area contributed by atoms with Gasteiger partial charge in [-0.2, -0.15) is 0 Å². The lowest BCUT2D eigenvalue weighted by Crippen LogP contribution is -2.30. The first-order valence-electron chi connectivity index (χ1n) is 7.61. The Labute approximate surface area is 109 Å². The van der Waals surface area contributed by atoms with Crippen molar-refractivity contribution in [3.8, 4) is 0 Å². The molecule has 1 atom stereocenters. The quantitative estimate of drug-likeness (QED) is 0.370. The molecule has 0 aromatic heterocycles. The molecule has 1 unspecified atom stereocenters. The van der Waals surface area contributed by atoms with Crippen LogP contribution in [0.4, 0.5) is 0 Å². The smallest absolute Gasteiger partial charge is 0.0274 e. The maximum atomic E-state index is 4.09. The molecule has 1 N–H and O–H groups in total. The van der Waals surface area contributed by atoms with Crippen LogP contribution in [0.5, 0.6) is 0 Å². The highest BCUT2D eigenvalue weighted by Gasteiger charge is 2.07. The van der Waals surface area contributed by atoms with Gasteiger partial charge < -0.3 is 5.32 Å². The highest BCUT2D eigenvalue weighted by atomic mass is 14.9. The van der Waals surface area contributed by atoms with Crippen LogP contribution in [0.3, 0.4) is 0 Å². The lowest BCUT2D eigenvalue weighted by Gasteiger charge is -2.18. The lowest BCUT2D eigenvalue weighted by molar-refractivity contribution is 0.492. The Hall–Kier alpha value is -0.300. The average Bonchev–Trinajstić information content (AvgIpc) is 2.31. The first-order valence-corrected chi connectivity index (χ1v) is 7.61. The molecule has 0 saturated carbocycles. The highest BCUT2D eigenvalue weighted by Crippen LogP contribution is 2.12. The van der Waals surface area contributed by atoms with Gasteiger partial charge in [0.2, 0.25) is 0 Å². The molecule has 0 aliphatic carbocycles. The van der Waals surface area contributed by atoms with Crippen LogP contribution in [0.15, 0.2) is 12.2 Å². The molecular formula is C16H33N. The third-order valence-electron chi connectivity index (χ3n) is 3.33. The highest BCUT2D eigenvalue weighted by molar-refractivity contribution is 5.01. The van der Waals surface area contributed by atoms with Gasteiger partial charge in [0.05, 0.1) is 0 Å². The van der Waals surface area contributed by atoms with Crippen LogP contribution in [0.25, 0.3) is 0 Å². The van der Waals surface area contributed by atoms with E-state index in [0.717, 1.165) is 6.54 Å². The maximum absolute atomic E-state index is 4.09. The number of rotatable bonds is 12. The molecule has 102 valence electrons. The summed E-state index contributed by atoms with van der Waals surface area (Å²) in [6.07, 6.45) is 12.2. The molecule has 0 saturated heterocycles. The summed E-state index contributed by atoms with van der Waals surface area (Å²) in [5, 5.41) is 3.58. The zero-order chi connectivity index (χ0) is 12.9. The molecule has 0 bridgehead atoms. The van der Waals surface area contributed by atoms with Gasteiger partial charge in [0.15, 0.2) is 0 Å². The van der Waals surface area contributed by atoms with E-state index in [4.69, 9.17) is 0 Å². The molecule has 0 fully saturated rings. The van der Waals surface area contributed by atoms with E-state index in [1.54, 1.807) is 0 Å². The summed E-state index contributed by atoms with van der Waals surface area (Å²) < 4.78 is 0. The Morgan fingerprint density at radius 3 is 2.06 bits per heavy atom. The summed E-state index contributed by atoms with van der Waals surface area (Å²) in [4.78, 5) is 0. The molecular weight excluding hydrogens is 206 g/mol. The van der Waals surface area contributed by atoms with Gasteiger partial charge in [-0.1, -0.05) is 70.9 Å². The largest absolute Gasteiger partial charge is 0.310 e. The van der Waals surface area contributed by atoms with E-state index >= 15 is 0 Å². The Morgan fingerprint density at radius 2 is 1.53 bits per heavy atom. The van der Waals surface area contributed by atoms with E-state index in [2.05, 4.69) is 32.7 Å². The van der Waals surface area contributed by atoms with E-state index in [0.29, 0.717) is 6.04 Å². The van der Waals surface area contributed by atoms with Crippen LogP contribution < -0.4 is 5.32 Å². The van der Waals surface area contributed by atoms with Gasteiger partial charge in [-0.05, 0) is 26.3 Å². The minimum atomic E-state index is 0.547. The molecule has 0 spiro atoms. The van der Waals surface area contributed by atoms with Crippen LogP contribution in [-0.2, 0) is 0 Å². The van der Waals surface area contributed by atoms with Crippen molar-refractivity contribution in [1.29, 1.82) is 0 Å². The van der Waals surface area contributed by atoms with Gasteiger partial charge in [-0.15, -0.1) is 0 Å². The van der Waals surface area contributed by atoms with Crippen molar-refractivity contribution in [2.75, 3.05) is 6.54 Å². The Balaban J connectivity index is 3.44. The van der Waals surface area contributed by atoms with Gasteiger partial charge >= 0.3 is 0 Å². The van der Waals surface area contributed by atoms with Gasteiger partial charge in [0.1, 0.15) is 0 Å². The summed E-state index contributed by atoms with van der Waals surface area (Å²) >= 11 is 0. The second-order valence-electron chi connectivity index (χ2n) is 5.26. The third kappa shape index (κ3) is 10.6. The Morgan fingerprint density at radius 1 is 0.941 bits per heavy atom. The molecule has 0 aromatic rings. The number of hydrogen-bond donors (Lipinski definition) is 1. The number of hydrogen-bond acceptors (Lipinski definition) is 1. The van der Waals surface area contributed by atoms with Crippen LogP contribution in [-0.4, -0.2) is 12.6 Å². The van der Waals surface area contributed by atoms with Crippen LogP contribution in [0.2, 0.25) is 0 Å². The van der Waals surface area contributed by atoms with Crippen molar-refractivity contribution in [3.05, 3.63) is 12.2 Å². The van der Waals surface area contributed by atoms with Gasteiger partial charge in [0.25, 0.3) is 0 Å². The molecule has 17 heavy (non-hydrogen) atoms. The van der Waals surface area contributed by atoms with Crippen molar-refractivity contribution in [2.45, 2.75) is 84.6 Å². The Kier molecular flexibility index (Phi) is 12.0. The molecule has 0 aromatic carbocycles. The van der Waals surface area contributed by atoms with E-state index in [9.17, 15) is 0 Å². The van der Waals surface area contributed by atoms with Crippen molar-refractivity contribution < 1.29 is 0 Å². The van der Waals surface area contributed by atoms with E-state index in [-0.39, 0.29) is 0 Å². The monoisotopic (exact) mass is 239 g/mol. The summed E-state index contributed by atoms with van der Waals surface area (Å²) in [5.74, 6) is 0. The van der Waals surface area contributed by atoms with Crippen molar-refractivity contribution in [1.82, 2.24) is 5.32 Å². The van der Waals surface area contributed by atoms with E-state index in [1.165, 1.54) is 63.4 Å². The summed E-state index contributed by atoms with van der Waals surface area (Å²) in [5.41, 5.74) is 1.30. The summed E-state index contributed by atoms with van der Waals surface area (Å²) in [6.45, 7) is 11.8. The molecule has 0 aliphatic heterocycles. The zero-order valence-electron chi connectivity index (χ0n) is 12.4. The summed E-state index contributed by atoms with van der Waals surface area (Å²) in [6, 6.07) is 0.547. The predicted molar refractivity (Wildman–Crippen MR) is 79.5 cm³/mol. The van der Waals surface area contributed by atoms with Gasteiger partial charge in [0, 0.05) is 6.04 Å². The first-order chi connectivity index (χ1) is 8.22. The first kappa shape index (κ1) is 16.7. The molecule has 0 aliphatic rings. The second-order valence-corrected chi connectivity index (χ2v) is 5.26. The molecule has 1 nitrogen and oxygen atoms in total. The standard InChI is InChI=1S/C16H33N/c1-5-7-8-9-10-11-12-13-16(15(3)4)17-14-6-2/h16-17H,3,5-14H2,1-2,4H3. The SMILES string of the molecule is C=C(C)C(CCCCCCCCC)NCCC. The van der Waals surface area contributed by atoms with Crippen LogP contribution in [0, 0.1) is 0 Å². The lowest BCUT2D eigenvalue weighted by atomic mass is 10.0. The molecule has 0 heterocycles. The average molecular weight is 239 g/mol. The minimum Gasteiger partial charge on any atom is -0.310 e.